The predicted octanol–water partition coefficient (Wildman–Crippen LogP) is 5.27. The molecule has 3 nitrogen and oxygen atoms in total. The van der Waals surface area contributed by atoms with Crippen molar-refractivity contribution in [3.8, 4) is 9.88 Å². The fourth-order valence-corrected chi connectivity index (χ4v) is 5.36. The van der Waals surface area contributed by atoms with Gasteiger partial charge in [0.1, 0.15) is 9.88 Å². The number of rotatable bonds is 4. The molecule has 0 unspecified atom stereocenters. The fraction of sp³-hybridized carbons (Fsp3) is 0.333. The summed E-state index contributed by atoms with van der Waals surface area (Å²) in [5, 5.41) is 3.00. The molecule has 1 saturated heterocycles. The van der Waals surface area contributed by atoms with Crippen molar-refractivity contribution >= 4 is 28.6 Å². The first-order chi connectivity index (χ1) is 12.7. The number of likely N-dealkylation sites (tertiary alicyclic amines) is 1. The van der Waals surface area contributed by atoms with Crippen LogP contribution in [0.1, 0.15) is 33.8 Å². The molecule has 0 atom stereocenters. The minimum atomic E-state index is 0.154. The van der Waals surface area contributed by atoms with Gasteiger partial charge < -0.3 is 4.90 Å². The van der Waals surface area contributed by atoms with E-state index in [2.05, 4.69) is 41.4 Å². The molecule has 1 amide bonds. The Kier molecular flexibility index (Phi) is 5.18. The maximum atomic E-state index is 13.0. The van der Waals surface area contributed by atoms with Gasteiger partial charge in [-0.2, -0.15) is 0 Å². The highest BCUT2D eigenvalue weighted by atomic mass is 32.1. The highest BCUT2D eigenvalue weighted by Crippen LogP contribution is 2.32. The van der Waals surface area contributed by atoms with Gasteiger partial charge in [-0.3, -0.25) is 4.79 Å². The predicted molar refractivity (Wildman–Crippen MR) is 109 cm³/mol. The van der Waals surface area contributed by atoms with Crippen molar-refractivity contribution in [2.24, 2.45) is 5.92 Å². The second-order valence-electron chi connectivity index (χ2n) is 6.84. The number of thiophene rings is 1. The number of aromatic nitrogens is 1. The van der Waals surface area contributed by atoms with E-state index in [1.54, 1.807) is 11.3 Å². The second-order valence-corrected chi connectivity index (χ2v) is 8.78. The maximum Gasteiger partial charge on any atom is 0.265 e. The molecule has 0 aliphatic carbocycles. The minimum Gasteiger partial charge on any atom is -0.338 e. The van der Waals surface area contributed by atoms with Gasteiger partial charge >= 0.3 is 0 Å². The van der Waals surface area contributed by atoms with Crippen LogP contribution >= 0.6 is 22.7 Å². The summed E-state index contributed by atoms with van der Waals surface area (Å²) in [6.45, 7) is 3.65. The van der Waals surface area contributed by atoms with Crippen molar-refractivity contribution in [2.75, 3.05) is 13.1 Å². The highest BCUT2D eigenvalue weighted by Gasteiger charge is 2.26. The third-order valence-corrected chi connectivity index (χ3v) is 7.18. The lowest BCUT2D eigenvalue weighted by Crippen LogP contribution is -2.38. The van der Waals surface area contributed by atoms with Crippen LogP contribution in [0, 0.1) is 12.8 Å². The standard InChI is InChI=1S/C21H22N2OS2/c1-15-19(26-20(22-15)18-8-5-13-25-18)21(24)23-11-9-17(10-12-23)14-16-6-3-2-4-7-16/h2-8,13,17H,9-12,14H2,1H3. The van der Waals surface area contributed by atoms with E-state index in [1.165, 1.54) is 16.9 Å². The van der Waals surface area contributed by atoms with Gasteiger partial charge in [0.15, 0.2) is 0 Å². The molecule has 1 aliphatic rings. The number of carbonyl (C=O) groups excluding carboxylic acids is 1. The molecule has 134 valence electrons. The molecule has 0 saturated carbocycles. The second kappa shape index (κ2) is 7.72. The maximum absolute atomic E-state index is 13.0. The van der Waals surface area contributed by atoms with Crippen molar-refractivity contribution in [2.45, 2.75) is 26.2 Å². The molecule has 1 fully saturated rings. The molecule has 1 aliphatic heterocycles. The first-order valence-corrected chi connectivity index (χ1v) is 10.7. The quantitative estimate of drug-likeness (QED) is 0.615. The van der Waals surface area contributed by atoms with Gasteiger partial charge in [0.05, 0.1) is 10.6 Å². The summed E-state index contributed by atoms with van der Waals surface area (Å²) >= 11 is 3.20. The summed E-state index contributed by atoms with van der Waals surface area (Å²) in [4.78, 5) is 21.5. The Morgan fingerprint density at radius 1 is 1.15 bits per heavy atom. The number of piperidine rings is 1. The van der Waals surface area contributed by atoms with Crippen molar-refractivity contribution < 1.29 is 4.79 Å². The van der Waals surface area contributed by atoms with Crippen LogP contribution in [0.3, 0.4) is 0 Å². The van der Waals surface area contributed by atoms with E-state index in [0.29, 0.717) is 5.92 Å². The zero-order chi connectivity index (χ0) is 17.9. The molecule has 3 aromatic rings. The highest BCUT2D eigenvalue weighted by molar-refractivity contribution is 7.22. The van der Waals surface area contributed by atoms with Crippen LogP contribution in [0.25, 0.3) is 9.88 Å². The lowest BCUT2D eigenvalue weighted by molar-refractivity contribution is 0.0694. The van der Waals surface area contributed by atoms with E-state index >= 15 is 0 Å². The minimum absolute atomic E-state index is 0.154. The van der Waals surface area contributed by atoms with Crippen molar-refractivity contribution in [3.05, 3.63) is 64.0 Å². The van der Waals surface area contributed by atoms with Gasteiger partial charge in [-0.15, -0.1) is 22.7 Å². The van der Waals surface area contributed by atoms with Crippen molar-refractivity contribution in [1.29, 1.82) is 0 Å². The first-order valence-electron chi connectivity index (χ1n) is 9.05. The number of aryl methyl sites for hydroxylation is 1. The molecule has 3 heterocycles. The van der Waals surface area contributed by atoms with Crippen LogP contribution in [-0.4, -0.2) is 28.9 Å². The number of carbonyl (C=O) groups is 1. The third-order valence-electron chi connectivity index (χ3n) is 4.99. The zero-order valence-electron chi connectivity index (χ0n) is 14.9. The summed E-state index contributed by atoms with van der Waals surface area (Å²) in [6, 6.07) is 14.8. The van der Waals surface area contributed by atoms with Gasteiger partial charge in [-0.05, 0) is 49.1 Å². The summed E-state index contributed by atoms with van der Waals surface area (Å²) in [7, 11) is 0. The largest absolute Gasteiger partial charge is 0.338 e. The molecule has 0 spiro atoms. The Labute approximate surface area is 162 Å². The Morgan fingerprint density at radius 3 is 2.62 bits per heavy atom. The lowest BCUT2D eigenvalue weighted by atomic mass is 9.90. The smallest absolute Gasteiger partial charge is 0.265 e. The molecule has 5 heteroatoms. The normalized spacial score (nSPS) is 15.3. The Balaban J connectivity index is 1.39. The number of amides is 1. The van der Waals surface area contributed by atoms with Crippen molar-refractivity contribution in [3.63, 3.8) is 0 Å². The van der Waals surface area contributed by atoms with E-state index in [0.717, 1.165) is 52.8 Å². The Hall–Kier alpha value is -1.98. The van der Waals surface area contributed by atoms with Gasteiger partial charge in [0, 0.05) is 13.1 Å². The summed E-state index contributed by atoms with van der Waals surface area (Å²) in [5.74, 6) is 0.826. The average Bonchev–Trinajstić information content (AvgIpc) is 3.32. The Bertz CT molecular complexity index is 863. The molecule has 0 N–H and O–H groups in total. The van der Waals surface area contributed by atoms with Gasteiger partial charge in [-0.25, -0.2) is 4.98 Å². The van der Waals surface area contributed by atoms with Crippen LogP contribution < -0.4 is 0 Å². The van der Waals surface area contributed by atoms with Crippen LogP contribution in [0.5, 0.6) is 0 Å². The zero-order valence-corrected chi connectivity index (χ0v) is 16.5. The fourth-order valence-electron chi connectivity index (χ4n) is 3.53. The SMILES string of the molecule is Cc1nc(-c2cccs2)sc1C(=O)N1CCC(Cc2ccccc2)CC1. The number of benzene rings is 1. The molecule has 4 rings (SSSR count). The molecule has 26 heavy (non-hydrogen) atoms. The number of hydrogen-bond donors (Lipinski definition) is 0. The monoisotopic (exact) mass is 382 g/mol. The topological polar surface area (TPSA) is 33.2 Å². The van der Waals surface area contributed by atoms with Gasteiger partial charge in [0.25, 0.3) is 5.91 Å². The summed E-state index contributed by atoms with van der Waals surface area (Å²) in [5.41, 5.74) is 2.26. The molecular weight excluding hydrogens is 360 g/mol. The number of hydrogen-bond acceptors (Lipinski definition) is 4. The molecule has 0 bridgehead atoms. The van der Waals surface area contributed by atoms with E-state index < -0.39 is 0 Å². The van der Waals surface area contributed by atoms with E-state index in [4.69, 9.17) is 0 Å². The molecule has 2 aromatic heterocycles. The van der Waals surface area contributed by atoms with Gasteiger partial charge in [-0.1, -0.05) is 36.4 Å². The number of nitrogens with zero attached hydrogens (tertiary/aromatic N) is 2. The van der Waals surface area contributed by atoms with Crippen LogP contribution in [0.4, 0.5) is 0 Å². The molecular formula is C21H22N2OS2. The van der Waals surface area contributed by atoms with Crippen LogP contribution in [-0.2, 0) is 6.42 Å². The number of thiazole rings is 1. The van der Waals surface area contributed by atoms with Crippen LogP contribution in [0.2, 0.25) is 0 Å². The lowest BCUT2D eigenvalue weighted by Gasteiger charge is -2.32. The third kappa shape index (κ3) is 3.74. The van der Waals surface area contributed by atoms with Crippen LogP contribution in [0.15, 0.2) is 47.8 Å². The molecule has 1 aromatic carbocycles. The molecule has 0 radical (unpaired) electrons. The Morgan fingerprint density at radius 2 is 1.92 bits per heavy atom. The van der Waals surface area contributed by atoms with E-state index in [1.807, 2.05) is 23.3 Å². The van der Waals surface area contributed by atoms with E-state index in [-0.39, 0.29) is 5.91 Å². The first kappa shape index (κ1) is 17.4. The summed E-state index contributed by atoms with van der Waals surface area (Å²) in [6.07, 6.45) is 3.28. The van der Waals surface area contributed by atoms with Crippen molar-refractivity contribution in [1.82, 2.24) is 9.88 Å². The average molecular weight is 383 g/mol. The van der Waals surface area contributed by atoms with E-state index in [9.17, 15) is 4.79 Å². The van der Waals surface area contributed by atoms with Gasteiger partial charge in [0.2, 0.25) is 0 Å². The summed E-state index contributed by atoms with van der Waals surface area (Å²) < 4.78 is 0.